The molecular weight excluding hydrogens is 418 g/mol. The van der Waals surface area contributed by atoms with Crippen LogP contribution in [0.4, 0.5) is 0 Å². The molecule has 1 amide bonds. The number of carbonyl (C=O) groups is 2. The fraction of sp³-hybridized carbons (Fsp3) is 0.308. The molecule has 0 radical (unpaired) electrons. The maximum absolute atomic E-state index is 13.6. The number of ether oxygens (including phenoxy) is 2. The molecule has 7 heteroatoms. The molecule has 33 heavy (non-hydrogen) atoms. The molecule has 0 unspecified atom stereocenters. The van der Waals surface area contributed by atoms with E-state index in [-0.39, 0.29) is 11.9 Å². The predicted octanol–water partition coefficient (Wildman–Crippen LogP) is 3.39. The lowest BCUT2D eigenvalue weighted by Crippen LogP contribution is -2.40. The van der Waals surface area contributed by atoms with Crippen LogP contribution in [0.5, 0.6) is 5.75 Å². The summed E-state index contributed by atoms with van der Waals surface area (Å²) in [4.78, 5) is 35.9. The second-order valence-electron chi connectivity index (χ2n) is 9.03. The van der Waals surface area contributed by atoms with Gasteiger partial charge in [-0.05, 0) is 54.3 Å². The van der Waals surface area contributed by atoms with Crippen LogP contribution in [0.2, 0.25) is 0 Å². The molecule has 2 aromatic heterocycles. The Morgan fingerprint density at radius 3 is 2.52 bits per heavy atom. The van der Waals surface area contributed by atoms with Gasteiger partial charge >= 0.3 is 5.97 Å². The average molecular weight is 441 g/mol. The van der Waals surface area contributed by atoms with E-state index in [1.807, 2.05) is 47.4 Å². The number of benzene rings is 1. The summed E-state index contributed by atoms with van der Waals surface area (Å²) in [6.07, 6.45) is 8.98. The Labute approximate surface area is 191 Å². The first kappa shape index (κ1) is 19.9. The van der Waals surface area contributed by atoms with Crippen molar-refractivity contribution in [3.05, 3.63) is 89.5 Å². The summed E-state index contributed by atoms with van der Waals surface area (Å²) in [7, 11) is 0. The highest BCUT2D eigenvalue weighted by molar-refractivity contribution is 5.95. The van der Waals surface area contributed by atoms with Gasteiger partial charge in [-0.15, -0.1) is 0 Å². The van der Waals surface area contributed by atoms with Crippen molar-refractivity contribution in [2.45, 2.75) is 36.9 Å². The monoisotopic (exact) mass is 441 g/mol. The molecule has 6 rings (SSSR count). The van der Waals surface area contributed by atoms with E-state index in [4.69, 9.17) is 9.47 Å². The molecule has 7 nitrogen and oxygen atoms in total. The third-order valence-electron chi connectivity index (χ3n) is 7.06. The first-order valence-corrected chi connectivity index (χ1v) is 11.2. The van der Waals surface area contributed by atoms with Gasteiger partial charge in [0.1, 0.15) is 12.4 Å². The Kier molecular flexibility index (Phi) is 4.47. The summed E-state index contributed by atoms with van der Waals surface area (Å²) in [5, 5.41) is 0. The summed E-state index contributed by atoms with van der Waals surface area (Å²) < 4.78 is 11.7. The maximum Gasteiger partial charge on any atom is 0.341 e. The molecule has 2 aliphatic heterocycles. The summed E-state index contributed by atoms with van der Waals surface area (Å²) in [5.41, 5.74) is 2.19. The van der Waals surface area contributed by atoms with Gasteiger partial charge in [0.2, 0.25) is 5.91 Å². The Hall–Kier alpha value is -3.74. The topological polar surface area (TPSA) is 81.6 Å². The van der Waals surface area contributed by atoms with E-state index in [0.29, 0.717) is 31.7 Å². The van der Waals surface area contributed by atoms with Crippen LogP contribution in [0, 0.1) is 0 Å². The Bertz CT molecular complexity index is 1220. The Morgan fingerprint density at radius 1 is 1.00 bits per heavy atom. The van der Waals surface area contributed by atoms with Gasteiger partial charge < -0.3 is 14.4 Å². The highest BCUT2D eigenvalue weighted by Crippen LogP contribution is 2.52. The molecule has 1 atom stereocenters. The first-order chi connectivity index (χ1) is 16.1. The number of amides is 1. The fourth-order valence-corrected chi connectivity index (χ4v) is 5.07. The largest absolute Gasteiger partial charge is 0.489 e. The zero-order chi connectivity index (χ0) is 22.5. The molecule has 1 saturated carbocycles. The number of aromatic nitrogens is 2. The SMILES string of the molecule is O=C1O[C@]2(CCN(C(=O)C3(c4ccc(OCc5ccncc5)cc4)CC3)C2)c2ccncc21. The van der Waals surface area contributed by atoms with E-state index in [1.165, 1.54) is 0 Å². The number of pyridine rings is 2. The molecule has 1 spiro atoms. The van der Waals surface area contributed by atoms with Gasteiger partial charge in [-0.3, -0.25) is 14.8 Å². The molecular formula is C26H23N3O4. The zero-order valence-electron chi connectivity index (χ0n) is 18.1. The second kappa shape index (κ2) is 7.40. The Balaban J connectivity index is 1.16. The number of fused-ring (bicyclic) bond motifs is 2. The summed E-state index contributed by atoms with van der Waals surface area (Å²) in [6.45, 7) is 1.43. The van der Waals surface area contributed by atoms with Crippen molar-refractivity contribution in [3.63, 3.8) is 0 Å². The van der Waals surface area contributed by atoms with Gasteiger partial charge in [0.25, 0.3) is 0 Å². The third-order valence-corrected chi connectivity index (χ3v) is 7.06. The van der Waals surface area contributed by atoms with Crippen molar-refractivity contribution in [2.75, 3.05) is 13.1 Å². The van der Waals surface area contributed by atoms with Gasteiger partial charge in [-0.1, -0.05) is 12.1 Å². The summed E-state index contributed by atoms with van der Waals surface area (Å²) >= 11 is 0. The molecule has 166 valence electrons. The molecule has 1 aromatic carbocycles. The lowest BCUT2D eigenvalue weighted by Gasteiger charge is -2.27. The van der Waals surface area contributed by atoms with Crippen molar-refractivity contribution < 1.29 is 19.1 Å². The maximum atomic E-state index is 13.6. The fourth-order valence-electron chi connectivity index (χ4n) is 5.07. The van der Waals surface area contributed by atoms with E-state index in [1.54, 1.807) is 24.8 Å². The van der Waals surface area contributed by atoms with Gasteiger partial charge in [0.15, 0.2) is 5.60 Å². The van der Waals surface area contributed by atoms with Crippen LogP contribution in [-0.2, 0) is 27.2 Å². The summed E-state index contributed by atoms with van der Waals surface area (Å²) in [6, 6.07) is 13.5. The molecule has 2 fully saturated rings. The van der Waals surface area contributed by atoms with Crippen LogP contribution >= 0.6 is 0 Å². The standard InChI is InChI=1S/C26H23N3O4/c30-23-21-15-28-13-7-22(21)26(33-23)10-14-29(17-26)24(31)25(8-9-25)19-1-3-20(4-2-19)32-16-18-5-11-27-12-6-18/h1-7,11-13,15H,8-10,14,16-17H2/t26-/m0/s1. The molecule has 1 saturated heterocycles. The van der Waals surface area contributed by atoms with Gasteiger partial charge in [-0.25, -0.2) is 4.79 Å². The lowest BCUT2D eigenvalue weighted by atomic mass is 9.92. The highest BCUT2D eigenvalue weighted by atomic mass is 16.6. The number of hydrogen-bond acceptors (Lipinski definition) is 6. The van der Waals surface area contributed by atoms with Gasteiger partial charge in [-0.2, -0.15) is 0 Å². The van der Waals surface area contributed by atoms with Crippen molar-refractivity contribution in [2.24, 2.45) is 0 Å². The molecule has 3 aliphatic rings. The highest BCUT2D eigenvalue weighted by Gasteiger charge is 2.57. The number of hydrogen-bond donors (Lipinski definition) is 0. The number of rotatable bonds is 5. The van der Waals surface area contributed by atoms with Crippen LogP contribution in [-0.4, -0.2) is 39.8 Å². The molecule has 0 N–H and O–H groups in total. The predicted molar refractivity (Wildman–Crippen MR) is 118 cm³/mol. The van der Waals surface area contributed by atoms with Crippen molar-refractivity contribution in [1.29, 1.82) is 0 Å². The van der Waals surface area contributed by atoms with Gasteiger partial charge in [0, 0.05) is 43.3 Å². The van der Waals surface area contributed by atoms with Crippen molar-refractivity contribution >= 4 is 11.9 Å². The third kappa shape index (κ3) is 3.26. The summed E-state index contributed by atoms with van der Waals surface area (Å²) in [5.74, 6) is 0.529. The Morgan fingerprint density at radius 2 is 1.76 bits per heavy atom. The number of carbonyl (C=O) groups excluding carboxylic acids is 2. The quantitative estimate of drug-likeness (QED) is 0.565. The smallest absolute Gasteiger partial charge is 0.341 e. The minimum absolute atomic E-state index is 0.114. The first-order valence-electron chi connectivity index (χ1n) is 11.2. The molecule has 4 heterocycles. The minimum atomic E-state index is -0.744. The van der Waals surface area contributed by atoms with Crippen LogP contribution in [0.15, 0.2) is 67.3 Å². The van der Waals surface area contributed by atoms with Crippen LogP contribution in [0.3, 0.4) is 0 Å². The van der Waals surface area contributed by atoms with E-state index < -0.39 is 11.0 Å². The zero-order valence-corrected chi connectivity index (χ0v) is 18.1. The van der Waals surface area contributed by atoms with Crippen molar-refractivity contribution in [3.8, 4) is 5.75 Å². The van der Waals surface area contributed by atoms with E-state index in [2.05, 4.69) is 9.97 Å². The van der Waals surface area contributed by atoms with Gasteiger partial charge in [0.05, 0.1) is 17.5 Å². The van der Waals surface area contributed by atoms with Crippen LogP contribution in [0.25, 0.3) is 0 Å². The van der Waals surface area contributed by atoms with Crippen LogP contribution < -0.4 is 4.74 Å². The van der Waals surface area contributed by atoms with Crippen molar-refractivity contribution in [1.82, 2.24) is 14.9 Å². The minimum Gasteiger partial charge on any atom is -0.489 e. The van der Waals surface area contributed by atoms with E-state index >= 15 is 0 Å². The van der Waals surface area contributed by atoms with E-state index in [9.17, 15) is 9.59 Å². The normalized spacial score (nSPS) is 22.2. The van der Waals surface area contributed by atoms with E-state index in [0.717, 1.165) is 35.3 Å². The second-order valence-corrected chi connectivity index (χ2v) is 9.03. The average Bonchev–Trinajstić information content (AvgIpc) is 3.49. The molecule has 0 bridgehead atoms. The number of esters is 1. The van der Waals surface area contributed by atoms with Crippen LogP contribution in [0.1, 0.15) is 46.3 Å². The number of likely N-dealkylation sites (tertiary alicyclic amines) is 1. The molecule has 3 aromatic rings. The lowest BCUT2D eigenvalue weighted by molar-refractivity contribution is -0.134. The number of nitrogens with zero attached hydrogens (tertiary/aromatic N) is 3. The molecule has 1 aliphatic carbocycles.